The van der Waals surface area contributed by atoms with E-state index in [1.165, 1.54) is 0 Å². The molecule has 37 heavy (non-hydrogen) atoms. The lowest BCUT2D eigenvalue weighted by Crippen LogP contribution is -2.60. The summed E-state index contributed by atoms with van der Waals surface area (Å²) in [6.45, 7) is 19.7. The van der Waals surface area contributed by atoms with Crippen LogP contribution in [0, 0.1) is 5.92 Å². The van der Waals surface area contributed by atoms with Gasteiger partial charge in [0.2, 0.25) is 0 Å². The van der Waals surface area contributed by atoms with Crippen molar-refractivity contribution in [2.45, 2.75) is 174 Å². The molecule has 2 aliphatic heterocycles. The van der Waals surface area contributed by atoms with E-state index < -0.39 is 0 Å². The summed E-state index contributed by atoms with van der Waals surface area (Å²) in [5.41, 5.74) is -0.00519. The predicted molar refractivity (Wildman–Crippen MR) is 152 cm³/mol. The molecule has 2 aliphatic rings. The molecule has 1 N–H and O–H groups in total. The standard InChI is InChI=1S/C31H58N2O4/c1-11-23(27(35)37-24-19-28(2,3)32-29(4,5)20-24)17-15-13-12-14-16-18-26(34)36-25-21-30(6,7)33(10)31(8,9)22-25/h23-25,32H,11-22H2,1-10H3. The molecule has 6 nitrogen and oxygen atoms in total. The zero-order valence-corrected chi connectivity index (χ0v) is 25.8. The minimum Gasteiger partial charge on any atom is -0.462 e. The van der Waals surface area contributed by atoms with E-state index in [9.17, 15) is 9.59 Å². The predicted octanol–water partition coefficient (Wildman–Crippen LogP) is 6.79. The average molecular weight is 523 g/mol. The van der Waals surface area contributed by atoms with Gasteiger partial charge in [0.05, 0.1) is 5.92 Å². The third-order valence-electron chi connectivity index (χ3n) is 8.76. The van der Waals surface area contributed by atoms with Crippen LogP contribution in [0.4, 0.5) is 0 Å². The fraction of sp³-hybridized carbons (Fsp3) is 0.935. The van der Waals surface area contributed by atoms with Crippen LogP contribution in [0.2, 0.25) is 0 Å². The third kappa shape index (κ3) is 10.2. The maximum atomic E-state index is 12.9. The lowest BCUT2D eigenvalue weighted by Gasteiger charge is -2.53. The van der Waals surface area contributed by atoms with Crippen LogP contribution in [0.1, 0.15) is 139 Å². The number of nitrogens with zero attached hydrogens (tertiary/aromatic N) is 1. The number of carbonyl (C=O) groups excluding carboxylic acids is 2. The zero-order chi connectivity index (χ0) is 28.1. The van der Waals surface area contributed by atoms with Gasteiger partial charge >= 0.3 is 11.9 Å². The minimum atomic E-state index is -0.0563. The Labute approximate surface area is 228 Å². The first-order chi connectivity index (χ1) is 17.0. The number of esters is 2. The number of likely N-dealkylation sites (tertiary alicyclic amines) is 1. The van der Waals surface area contributed by atoms with Gasteiger partial charge in [-0.2, -0.15) is 0 Å². The van der Waals surface area contributed by atoms with Gasteiger partial charge in [0.15, 0.2) is 0 Å². The first-order valence-electron chi connectivity index (χ1n) is 14.9. The van der Waals surface area contributed by atoms with E-state index in [4.69, 9.17) is 9.47 Å². The second-order valence-corrected chi connectivity index (χ2v) is 14.5. The molecule has 0 aromatic rings. The van der Waals surface area contributed by atoms with Gasteiger partial charge in [-0.1, -0.05) is 32.6 Å². The van der Waals surface area contributed by atoms with Crippen molar-refractivity contribution >= 4 is 11.9 Å². The van der Waals surface area contributed by atoms with E-state index >= 15 is 0 Å². The average Bonchev–Trinajstić information content (AvgIpc) is 2.71. The van der Waals surface area contributed by atoms with Gasteiger partial charge < -0.3 is 14.8 Å². The molecule has 2 saturated heterocycles. The fourth-order valence-electron chi connectivity index (χ4n) is 6.86. The molecule has 6 heteroatoms. The topological polar surface area (TPSA) is 67.9 Å². The molecule has 0 aliphatic carbocycles. The summed E-state index contributed by atoms with van der Waals surface area (Å²) >= 11 is 0. The van der Waals surface area contributed by atoms with Crippen molar-refractivity contribution in [2.24, 2.45) is 5.92 Å². The highest BCUT2D eigenvalue weighted by atomic mass is 16.5. The largest absolute Gasteiger partial charge is 0.462 e. The second kappa shape index (κ2) is 12.8. The van der Waals surface area contributed by atoms with Gasteiger partial charge in [0.1, 0.15) is 12.2 Å². The van der Waals surface area contributed by atoms with Crippen LogP contribution in [-0.2, 0) is 19.1 Å². The molecular formula is C31H58N2O4. The van der Waals surface area contributed by atoms with Crippen LogP contribution >= 0.6 is 0 Å². The van der Waals surface area contributed by atoms with Crippen LogP contribution in [-0.4, -0.2) is 58.2 Å². The molecule has 1 unspecified atom stereocenters. The number of piperidine rings is 2. The zero-order valence-electron chi connectivity index (χ0n) is 25.8. The van der Waals surface area contributed by atoms with Gasteiger partial charge in [0.25, 0.3) is 0 Å². The number of rotatable bonds is 12. The Morgan fingerprint density at radius 3 is 1.81 bits per heavy atom. The molecule has 0 bridgehead atoms. The van der Waals surface area contributed by atoms with Gasteiger partial charge in [-0.15, -0.1) is 0 Å². The van der Waals surface area contributed by atoms with Gasteiger partial charge in [-0.05, 0) is 81.7 Å². The van der Waals surface area contributed by atoms with Gasteiger partial charge in [-0.25, -0.2) is 0 Å². The summed E-state index contributed by atoms with van der Waals surface area (Å²) < 4.78 is 11.9. The second-order valence-electron chi connectivity index (χ2n) is 14.5. The van der Waals surface area contributed by atoms with E-state index in [2.05, 4.69) is 79.6 Å². The smallest absolute Gasteiger partial charge is 0.309 e. The molecule has 2 fully saturated rings. The Kier molecular flexibility index (Phi) is 11.1. The van der Waals surface area contributed by atoms with Crippen molar-refractivity contribution in [1.29, 1.82) is 0 Å². The summed E-state index contributed by atoms with van der Waals surface area (Å²) in [7, 11) is 2.17. The summed E-state index contributed by atoms with van der Waals surface area (Å²) in [5.74, 6) is -0.0950. The number of hydrogen-bond acceptors (Lipinski definition) is 6. The Morgan fingerprint density at radius 1 is 0.784 bits per heavy atom. The van der Waals surface area contributed by atoms with E-state index in [0.29, 0.717) is 6.42 Å². The van der Waals surface area contributed by atoms with Crippen LogP contribution < -0.4 is 5.32 Å². The summed E-state index contributed by atoms with van der Waals surface area (Å²) in [4.78, 5) is 27.7. The Bertz CT molecular complexity index is 724. The minimum absolute atomic E-state index is 0.00134. The van der Waals surface area contributed by atoms with Crippen molar-refractivity contribution in [2.75, 3.05) is 7.05 Å². The molecule has 1 atom stereocenters. The normalized spacial score (nSPS) is 24.4. The van der Waals surface area contributed by atoms with Crippen molar-refractivity contribution in [1.82, 2.24) is 10.2 Å². The third-order valence-corrected chi connectivity index (χ3v) is 8.76. The summed E-state index contributed by atoms with van der Waals surface area (Å²) in [6, 6.07) is 0. The lowest BCUT2D eigenvalue weighted by atomic mass is 9.79. The van der Waals surface area contributed by atoms with Crippen molar-refractivity contribution in [3.63, 3.8) is 0 Å². The van der Waals surface area contributed by atoms with Crippen LogP contribution in [0.15, 0.2) is 0 Å². The molecular weight excluding hydrogens is 464 g/mol. The van der Waals surface area contributed by atoms with E-state index in [1.807, 2.05) is 0 Å². The molecule has 0 aromatic carbocycles. The lowest BCUT2D eigenvalue weighted by molar-refractivity contribution is -0.160. The van der Waals surface area contributed by atoms with Crippen LogP contribution in [0.25, 0.3) is 0 Å². The first-order valence-corrected chi connectivity index (χ1v) is 14.9. The Balaban J connectivity index is 1.62. The summed E-state index contributed by atoms with van der Waals surface area (Å²) in [6.07, 6.45) is 10.8. The number of carbonyl (C=O) groups is 2. The number of hydrogen-bond donors (Lipinski definition) is 1. The van der Waals surface area contributed by atoms with E-state index in [-0.39, 0.29) is 52.2 Å². The van der Waals surface area contributed by atoms with Crippen LogP contribution in [0.5, 0.6) is 0 Å². The number of unbranched alkanes of at least 4 members (excludes halogenated alkanes) is 4. The molecule has 0 amide bonds. The molecule has 0 saturated carbocycles. The van der Waals surface area contributed by atoms with Crippen molar-refractivity contribution < 1.29 is 19.1 Å². The van der Waals surface area contributed by atoms with E-state index in [0.717, 1.165) is 70.6 Å². The van der Waals surface area contributed by atoms with Crippen molar-refractivity contribution in [3.8, 4) is 0 Å². The van der Waals surface area contributed by atoms with E-state index in [1.54, 1.807) is 0 Å². The molecule has 0 aromatic heterocycles. The molecule has 2 rings (SSSR count). The maximum absolute atomic E-state index is 12.9. The van der Waals surface area contributed by atoms with Crippen molar-refractivity contribution in [3.05, 3.63) is 0 Å². The first kappa shape index (κ1) is 32.1. The van der Waals surface area contributed by atoms with Gasteiger partial charge in [-0.3, -0.25) is 14.5 Å². The highest BCUT2D eigenvalue weighted by molar-refractivity contribution is 5.72. The maximum Gasteiger partial charge on any atom is 0.309 e. The Morgan fingerprint density at radius 2 is 1.27 bits per heavy atom. The summed E-state index contributed by atoms with van der Waals surface area (Å²) in [5, 5.41) is 3.65. The molecule has 0 radical (unpaired) electrons. The molecule has 216 valence electrons. The van der Waals surface area contributed by atoms with Gasteiger partial charge in [0, 0.05) is 54.3 Å². The molecule has 2 heterocycles. The Hall–Kier alpha value is -1.14. The number of ether oxygens (including phenoxy) is 2. The highest BCUT2D eigenvalue weighted by Crippen LogP contribution is 2.38. The highest BCUT2D eigenvalue weighted by Gasteiger charge is 2.44. The number of nitrogens with one attached hydrogen (secondary N) is 1. The quantitative estimate of drug-likeness (QED) is 0.225. The fourth-order valence-corrected chi connectivity index (χ4v) is 6.86. The monoisotopic (exact) mass is 522 g/mol. The molecule has 0 spiro atoms. The van der Waals surface area contributed by atoms with Crippen LogP contribution in [0.3, 0.4) is 0 Å². The SMILES string of the molecule is CCC(CCCCCCCC(=O)OC1CC(C)(C)N(C)C(C)(C)C1)C(=O)OC1CC(C)(C)NC(C)(C)C1.